The highest BCUT2D eigenvalue weighted by atomic mass is 32.1. The molecular weight excluding hydrogens is 1740 g/mol. The van der Waals surface area contributed by atoms with Crippen LogP contribution in [-0.2, 0) is 81.3 Å². The Balaban J connectivity index is 0.000000131. The first kappa shape index (κ1) is 93.5. The average Bonchev–Trinajstić information content (AvgIpc) is 1.51. The molecule has 31 heteroatoms. The summed E-state index contributed by atoms with van der Waals surface area (Å²) in [7, 11) is 6.49. The zero-order valence-corrected chi connectivity index (χ0v) is 77.1. The third kappa shape index (κ3) is 17.7. The van der Waals surface area contributed by atoms with Crippen LogP contribution in [0.2, 0.25) is 0 Å². The van der Waals surface area contributed by atoms with E-state index in [-0.39, 0.29) is 93.5 Å². The van der Waals surface area contributed by atoms with E-state index in [9.17, 15) is 52.9 Å². The van der Waals surface area contributed by atoms with E-state index < -0.39 is 56.6 Å². The van der Waals surface area contributed by atoms with Gasteiger partial charge in [-0.1, -0.05) is 188 Å². The van der Waals surface area contributed by atoms with E-state index in [1.807, 2.05) is 208 Å². The monoisotopic (exact) mass is 1840 g/mol. The zero-order valence-electron chi connectivity index (χ0n) is 75.4. The number of rotatable bonds is 12. The van der Waals surface area contributed by atoms with Gasteiger partial charge in [0.15, 0.2) is 35.3 Å². The molecule has 1 spiro atoms. The molecule has 11 N–H and O–H groups in total. The largest absolute Gasteiger partial charge is 0.369 e. The lowest BCUT2D eigenvalue weighted by Gasteiger charge is -2.55. The molecule has 2 aromatic heterocycles. The van der Waals surface area contributed by atoms with Crippen LogP contribution in [0.15, 0.2) is 286 Å². The molecule has 8 heterocycles. The summed E-state index contributed by atoms with van der Waals surface area (Å²) in [6, 6.07) is 85.9. The Morgan fingerprint density at radius 2 is 1.10 bits per heavy atom. The minimum absolute atomic E-state index is 0.0161. The number of likely N-dealkylation sites (N-methyl/N-ethyl adjacent to an activating group) is 2. The first-order valence-electron chi connectivity index (χ1n) is 43.3. The summed E-state index contributed by atoms with van der Waals surface area (Å²) in [5.41, 5.74) is 36.4. The summed E-state index contributed by atoms with van der Waals surface area (Å²) < 4.78 is 27.7. The first-order chi connectivity index (χ1) is 64.5. The highest BCUT2D eigenvalue weighted by Crippen LogP contribution is 2.59. The van der Waals surface area contributed by atoms with Gasteiger partial charge in [-0.3, -0.25) is 58.1 Å². The van der Waals surface area contributed by atoms with Gasteiger partial charge in [-0.25, -0.2) is 33.7 Å². The second kappa shape index (κ2) is 37.6. The summed E-state index contributed by atoms with van der Waals surface area (Å²) in [5.74, 6) is -1.95. The molecule has 6 atom stereocenters. The number of benzene rings is 10. The molecule has 6 aliphatic heterocycles. The van der Waals surface area contributed by atoms with Crippen LogP contribution in [0.25, 0.3) is 21.2 Å². The van der Waals surface area contributed by atoms with Crippen molar-refractivity contribution < 1.29 is 42.3 Å². The van der Waals surface area contributed by atoms with E-state index in [0.29, 0.717) is 29.7 Å². The van der Waals surface area contributed by atoms with Crippen molar-refractivity contribution in [2.24, 2.45) is 53.6 Å². The van der Waals surface area contributed by atoms with Crippen molar-refractivity contribution in [2.75, 3.05) is 45.0 Å². The number of anilines is 2. The highest BCUT2D eigenvalue weighted by molar-refractivity contribution is 7.15. The molecular formula is C104H96F2N20O7S2. The number of amides is 7. The molecule has 680 valence electrons. The molecule has 0 fully saturated rings. The van der Waals surface area contributed by atoms with Gasteiger partial charge in [-0.15, -0.1) is 22.7 Å². The molecule has 0 radical (unpaired) electrons. The molecule has 0 saturated carbocycles. The molecule has 10 aromatic carbocycles. The van der Waals surface area contributed by atoms with Crippen LogP contribution in [0.1, 0.15) is 146 Å². The molecule has 7 amide bonds. The van der Waals surface area contributed by atoms with E-state index >= 15 is 0 Å². The number of hydrogen-bond acceptors (Lipinski definition) is 22. The topological polar surface area (TPSA) is 414 Å². The normalized spacial score (nSPS) is 21.2. The number of nitrogens with zero attached hydrogens (tertiary/aromatic N) is 14. The lowest BCUT2D eigenvalue weighted by molar-refractivity contribution is -0.138. The van der Waals surface area contributed by atoms with Crippen LogP contribution >= 0.6 is 22.7 Å². The number of thiophene rings is 2. The number of fused-ring (bicyclic) bond motifs is 4. The van der Waals surface area contributed by atoms with Crippen LogP contribution in [-0.4, -0.2) is 130 Å². The van der Waals surface area contributed by atoms with Crippen LogP contribution < -0.4 is 38.9 Å². The number of guanidine groups is 5. The van der Waals surface area contributed by atoms with Crippen LogP contribution in [0, 0.1) is 45.6 Å². The fourth-order valence-electron chi connectivity index (χ4n) is 18.2. The zero-order chi connectivity index (χ0) is 96.4. The van der Waals surface area contributed by atoms with Crippen molar-refractivity contribution >= 4 is 116 Å². The fourth-order valence-corrected chi connectivity index (χ4v) is 20.3. The van der Waals surface area contributed by atoms with Crippen molar-refractivity contribution in [1.82, 2.24) is 24.5 Å². The van der Waals surface area contributed by atoms with Crippen molar-refractivity contribution in [3.63, 3.8) is 0 Å². The predicted molar refractivity (Wildman–Crippen MR) is 519 cm³/mol. The van der Waals surface area contributed by atoms with E-state index in [4.69, 9.17) is 48.9 Å². The molecule has 1 aliphatic carbocycles. The van der Waals surface area contributed by atoms with E-state index in [1.165, 1.54) is 55.3 Å². The molecule has 0 bridgehead atoms. The third-order valence-electron chi connectivity index (χ3n) is 25.8. The molecule has 27 nitrogen and oxygen atoms in total. The Bertz CT molecular complexity index is 7020. The Morgan fingerprint density at radius 3 is 1.73 bits per heavy atom. The second-order valence-electron chi connectivity index (χ2n) is 34.4. The number of halogens is 2. The van der Waals surface area contributed by atoms with Crippen molar-refractivity contribution in [2.45, 2.75) is 112 Å². The molecule has 0 saturated heterocycles. The Kier molecular flexibility index (Phi) is 26.0. The quantitative estimate of drug-likeness (QED) is 0.0662. The van der Waals surface area contributed by atoms with E-state index in [2.05, 4.69) is 39.6 Å². The van der Waals surface area contributed by atoms with Gasteiger partial charge in [0.25, 0.3) is 11.8 Å². The predicted octanol–water partition coefficient (Wildman–Crippen LogP) is 14.5. The van der Waals surface area contributed by atoms with Crippen molar-refractivity contribution in [1.29, 1.82) is 15.8 Å². The maximum absolute atomic E-state index is 13.9. The van der Waals surface area contributed by atoms with Crippen molar-refractivity contribution in [3.8, 4) is 28.6 Å². The van der Waals surface area contributed by atoms with Crippen LogP contribution in [0.4, 0.5) is 20.2 Å². The number of nitrogens with two attached hydrogens (primary N) is 5. The van der Waals surface area contributed by atoms with Gasteiger partial charge in [-0.2, -0.15) is 15.8 Å². The minimum atomic E-state index is -1.26. The average molecular weight is 1840 g/mol. The van der Waals surface area contributed by atoms with Gasteiger partial charge in [0.2, 0.25) is 29.5 Å². The number of carbonyl (C=O) groups is 7. The van der Waals surface area contributed by atoms with Crippen molar-refractivity contribution in [3.05, 3.63) is 354 Å². The number of carbonyl (C=O) groups excluding carboxylic acids is 7. The van der Waals surface area contributed by atoms with Gasteiger partial charge >= 0.3 is 0 Å². The van der Waals surface area contributed by atoms with Gasteiger partial charge in [0, 0.05) is 68.9 Å². The first-order valence-corrected chi connectivity index (χ1v) is 44.9. The van der Waals surface area contributed by atoms with Crippen LogP contribution in [0.5, 0.6) is 0 Å². The molecule has 19 rings (SSSR count). The fraction of sp³-hybridized carbons (Fsp3) is 0.221. The minimum Gasteiger partial charge on any atom is -0.369 e. The number of hydrogen-bond donors (Lipinski definition) is 6. The van der Waals surface area contributed by atoms with Gasteiger partial charge in [0.1, 0.15) is 44.6 Å². The third-order valence-corrected chi connectivity index (χ3v) is 28.4. The lowest BCUT2D eigenvalue weighted by Crippen LogP contribution is -2.67. The Hall–Kier alpha value is -16.2. The summed E-state index contributed by atoms with van der Waals surface area (Å²) in [6.45, 7) is 10.0. The standard InChI is InChI=1S/C29H23FN4O2.C24H20N4OS.C23H20N4O.C17H22N4O2.C11H11FN4OS/c30-25-14-8-7-13-24(25)26(35)32-23-17-15-20(16-18-23)19-34-27(36)29(33-28(34)31,21-9-3-1-4-10-21)22-11-5-2-6-12-22;1-23(20-11-10-19(30-20)16-8-5-6-15(12-16)14-25)24(21(29)28(2)22(26)27-23)13-17-7-3-4-9-18(17)24;1-23(19-9-5-6-15(12-19)14-24)20(21(28)27(2)22(25)26-23)18-11-10-16-7-3-4-8-17(16)13-18;1-11(22)21-8-4-5-12-9-13(6-7-14(12)21)17(2)10-15(23)20(3)16(18)19-17;1-11(4-8(17)16(2)10(14)15-11)9-7(12)3-6(5-13)18-9/h1-18H,19H2,(H2,31,33)(H,32,35);3-12H,13H2,1-2H3,(H2,26,27);3-13,20H,1-2H3,(H2,25,26);6-7,9H,4-5,8,10H2,1-3H3,(H2,18,19);3H,4H2,1-2H3,(H2,14,15)/t;23-,24+;20-,23-;17-;11-/m.1100/s1. The Labute approximate surface area is 787 Å². The molecule has 12 aromatic rings. The molecule has 7 aliphatic rings. The number of nitriles is 3. The van der Waals surface area contributed by atoms with E-state index in [0.717, 1.165) is 113 Å². The van der Waals surface area contributed by atoms with Crippen LogP contribution in [0.3, 0.4) is 0 Å². The molecule has 0 unspecified atom stereocenters. The number of aliphatic imine (C=N–C) groups is 5. The van der Waals surface area contributed by atoms with Gasteiger partial charge in [0.05, 0.1) is 64.5 Å². The van der Waals surface area contributed by atoms with E-state index in [1.54, 1.807) is 94.9 Å². The molecule has 135 heavy (non-hydrogen) atoms. The Morgan fingerprint density at radius 1 is 0.504 bits per heavy atom. The SMILES string of the molecule is CC(=O)N1CCCc2cc([C@]3(C)CC(=O)N(C)C(N)=N3)ccc21.CN1C(=O)C[C@@](C)(c2sc(C#N)cc2F)N=C1N.CN1C(=O)[C@@H](c2ccc3ccccc3c2)[C@@](C)(c2cccc(C#N)c2)N=C1N.CN1C(=O)[C@@]2(Cc3ccccc32)[C@@](C)(c2ccc(-c3cccc(C#N)c3)s2)N=C1N.NC1=NC(c2ccccc2)(c2ccccc2)C(=O)N1Cc1ccc(NC(=O)c2ccccc2F)cc1. The maximum atomic E-state index is 13.9. The van der Waals surface area contributed by atoms with Gasteiger partial charge < -0.3 is 38.9 Å². The highest BCUT2D eigenvalue weighted by Gasteiger charge is 2.65. The summed E-state index contributed by atoms with van der Waals surface area (Å²) in [4.78, 5) is 123. The number of aryl methyl sites for hydroxylation is 1. The summed E-state index contributed by atoms with van der Waals surface area (Å²) >= 11 is 2.60. The summed E-state index contributed by atoms with van der Waals surface area (Å²) in [5, 5.41) is 32.1. The summed E-state index contributed by atoms with van der Waals surface area (Å²) in [6.07, 6.45) is 2.83. The number of nitrogens with one attached hydrogen (secondary N) is 1. The van der Waals surface area contributed by atoms with Gasteiger partial charge in [-0.05, 0) is 180 Å². The smallest absolute Gasteiger partial charge is 0.266 e. The maximum Gasteiger partial charge on any atom is 0.266 e. The lowest BCUT2D eigenvalue weighted by atomic mass is 9.53. The second-order valence-corrected chi connectivity index (χ2v) is 36.6.